The first kappa shape index (κ1) is 21.0. The van der Waals surface area contributed by atoms with Gasteiger partial charge in [-0.05, 0) is 49.2 Å². The molecule has 0 radical (unpaired) electrons. The van der Waals surface area contributed by atoms with Crippen molar-refractivity contribution in [2.75, 3.05) is 0 Å². The number of aliphatic imine (C=N–C) groups is 1. The van der Waals surface area contributed by atoms with Crippen molar-refractivity contribution in [1.82, 2.24) is 5.32 Å². The number of hydrogen-bond acceptors (Lipinski definition) is 3. The highest BCUT2D eigenvalue weighted by molar-refractivity contribution is 6.33. The zero-order valence-electron chi connectivity index (χ0n) is 15.2. The van der Waals surface area contributed by atoms with E-state index in [0.717, 1.165) is 12.8 Å². The van der Waals surface area contributed by atoms with Crippen molar-refractivity contribution in [3.8, 4) is 0 Å². The van der Waals surface area contributed by atoms with E-state index in [4.69, 9.17) is 23.2 Å². The lowest BCUT2D eigenvalue weighted by molar-refractivity contribution is -0.117. The van der Waals surface area contributed by atoms with Crippen LogP contribution in [0.1, 0.15) is 32.3 Å². The normalized spacial score (nSPS) is 12.3. The molecule has 2 aromatic rings. The molecule has 0 aliphatic carbocycles. The summed E-state index contributed by atoms with van der Waals surface area (Å²) in [6.07, 6.45) is 2.92. The second-order valence-electron chi connectivity index (χ2n) is 5.96. The van der Waals surface area contributed by atoms with E-state index >= 15 is 0 Å². The van der Waals surface area contributed by atoms with Gasteiger partial charge in [0.1, 0.15) is 11.3 Å². The number of rotatable bonds is 7. The van der Waals surface area contributed by atoms with Crippen LogP contribution in [0.5, 0.6) is 0 Å². The smallest absolute Gasteiger partial charge is 0.256 e. The summed E-state index contributed by atoms with van der Waals surface area (Å²) in [5.74, 6) is -0.624. The van der Waals surface area contributed by atoms with Crippen molar-refractivity contribution in [3.05, 3.63) is 69.7 Å². The van der Waals surface area contributed by atoms with Gasteiger partial charge >= 0.3 is 0 Å². The van der Waals surface area contributed by atoms with Crippen LogP contribution >= 0.6 is 23.2 Å². The first-order valence-electron chi connectivity index (χ1n) is 8.74. The van der Waals surface area contributed by atoms with E-state index < -0.39 is 5.91 Å². The van der Waals surface area contributed by atoms with Gasteiger partial charge in [0.2, 0.25) is 0 Å². The number of nitrogens with zero attached hydrogens (tertiary/aromatic N) is 1. The molecule has 0 heterocycles. The molecule has 2 rings (SSSR count). The number of halogens is 2. The topological polar surface area (TPSA) is 61.7 Å². The fourth-order valence-corrected chi connectivity index (χ4v) is 2.80. The number of carbonyl (C=O) groups excluding carboxylic acids is 1. The van der Waals surface area contributed by atoms with Crippen molar-refractivity contribution in [1.29, 1.82) is 0 Å². The molecule has 0 atom stereocenters. The molecule has 27 heavy (non-hydrogen) atoms. The van der Waals surface area contributed by atoms with Crippen LogP contribution in [0.2, 0.25) is 10.0 Å². The fourth-order valence-electron chi connectivity index (χ4n) is 2.45. The second kappa shape index (κ2) is 10.1. The third-order valence-electron chi connectivity index (χ3n) is 4.12. The van der Waals surface area contributed by atoms with Crippen molar-refractivity contribution in [3.63, 3.8) is 0 Å². The molecule has 0 aliphatic heterocycles. The lowest BCUT2D eigenvalue weighted by atomic mass is 10.1. The Morgan fingerprint density at radius 3 is 2.33 bits per heavy atom. The third-order valence-corrected chi connectivity index (χ3v) is 4.70. The molecule has 4 nitrogen and oxygen atoms in total. The summed E-state index contributed by atoms with van der Waals surface area (Å²) in [6.45, 7) is 3.99. The van der Waals surface area contributed by atoms with Crippen LogP contribution in [0.15, 0.2) is 59.1 Å². The lowest BCUT2D eigenvalue weighted by Crippen LogP contribution is -2.35. The minimum absolute atomic E-state index is 0.00970. The Morgan fingerprint density at radius 1 is 1.11 bits per heavy atom. The maximum atomic E-state index is 12.8. The number of amides is 1. The summed E-state index contributed by atoms with van der Waals surface area (Å²) in [6, 6.07) is 13.7. The molecule has 0 aliphatic rings. The fraction of sp³-hybridized carbons (Fsp3) is 0.238. The van der Waals surface area contributed by atoms with Gasteiger partial charge < -0.3 is 10.4 Å². The van der Waals surface area contributed by atoms with Crippen LogP contribution in [0.3, 0.4) is 0 Å². The van der Waals surface area contributed by atoms with Crippen molar-refractivity contribution in [2.24, 2.45) is 4.99 Å². The van der Waals surface area contributed by atoms with Gasteiger partial charge in [0.25, 0.3) is 5.91 Å². The molecule has 142 valence electrons. The predicted octanol–water partition coefficient (Wildman–Crippen LogP) is 5.97. The minimum Gasteiger partial charge on any atom is -0.506 e. The van der Waals surface area contributed by atoms with Gasteiger partial charge in [0, 0.05) is 22.8 Å². The molecule has 0 spiro atoms. The van der Waals surface area contributed by atoms with Crippen molar-refractivity contribution < 1.29 is 9.90 Å². The Bertz CT molecular complexity index is 842. The first-order chi connectivity index (χ1) is 13.0. The van der Waals surface area contributed by atoms with Crippen LogP contribution in [0.4, 0.5) is 5.69 Å². The van der Waals surface area contributed by atoms with E-state index in [9.17, 15) is 9.90 Å². The van der Waals surface area contributed by atoms with Gasteiger partial charge in [-0.15, -0.1) is 0 Å². The first-order valence-corrected chi connectivity index (χ1v) is 9.50. The van der Waals surface area contributed by atoms with E-state index in [2.05, 4.69) is 10.3 Å². The Labute approximate surface area is 169 Å². The molecule has 6 heteroatoms. The number of aliphatic hydroxyl groups excluding tert-OH is 1. The summed E-state index contributed by atoms with van der Waals surface area (Å²) in [5, 5.41) is 14.6. The van der Waals surface area contributed by atoms with Gasteiger partial charge in [-0.25, -0.2) is 0 Å². The highest BCUT2D eigenvalue weighted by Gasteiger charge is 2.19. The zero-order chi connectivity index (χ0) is 19.8. The highest BCUT2D eigenvalue weighted by Crippen LogP contribution is 2.25. The molecule has 0 aromatic heterocycles. The number of carbonyl (C=O) groups is 1. The van der Waals surface area contributed by atoms with Crippen LogP contribution < -0.4 is 5.32 Å². The number of hydrogen-bond donors (Lipinski definition) is 2. The van der Waals surface area contributed by atoms with Gasteiger partial charge in [0.05, 0.1) is 10.7 Å². The van der Waals surface area contributed by atoms with Gasteiger partial charge in [-0.1, -0.05) is 49.2 Å². The monoisotopic (exact) mass is 404 g/mol. The van der Waals surface area contributed by atoms with Gasteiger partial charge in [-0.3, -0.25) is 9.79 Å². The molecule has 2 aromatic carbocycles. The maximum Gasteiger partial charge on any atom is 0.256 e. The van der Waals surface area contributed by atoms with Crippen LogP contribution in [-0.2, 0) is 4.79 Å². The standard InChI is InChI=1S/C21H22Cl2N2O2/c1-3-15(4-2)25-21(27)18(13-24-16-11-9-14(22)10-12-16)20(26)17-7-5-6-8-19(17)23/h5-13,15,26H,3-4H2,1-2H3,(H,25,27). The van der Waals surface area contributed by atoms with E-state index in [1.54, 1.807) is 48.5 Å². The SMILES string of the molecule is CCC(CC)NC(=O)C(C=Nc1ccc(Cl)cc1)=C(O)c1ccccc1Cl. The van der Waals surface area contributed by atoms with E-state index in [1.807, 2.05) is 13.8 Å². The number of nitrogens with one attached hydrogen (secondary N) is 1. The molecular formula is C21H22Cl2N2O2. The molecule has 0 fully saturated rings. The molecule has 0 unspecified atom stereocenters. The maximum absolute atomic E-state index is 12.8. The molecule has 0 bridgehead atoms. The molecule has 0 saturated carbocycles. The lowest BCUT2D eigenvalue weighted by Gasteiger charge is -2.16. The zero-order valence-corrected chi connectivity index (χ0v) is 16.8. The Morgan fingerprint density at radius 2 is 1.74 bits per heavy atom. The summed E-state index contributed by atoms with van der Waals surface area (Å²) < 4.78 is 0. The number of benzene rings is 2. The Kier molecular flexibility index (Phi) is 7.89. The molecule has 0 saturated heterocycles. The summed E-state index contributed by atoms with van der Waals surface area (Å²) in [4.78, 5) is 17.1. The van der Waals surface area contributed by atoms with Gasteiger partial charge in [-0.2, -0.15) is 0 Å². The van der Waals surface area contributed by atoms with Crippen LogP contribution in [0, 0.1) is 0 Å². The number of aliphatic hydroxyl groups is 1. The summed E-state index contributed by atoms with van der Waals surface area (Å²) >= 11 is 12.1. The average Bonchev–Trinajstić information content (AvgIpc) is 2.67. The quantitative estimate of drug-likeness (QED) is 0.339. The van der Waals surface area contributed by atoms with Crippen molar-refractivity contribution in [2.45, 2.75) is 32.7 Å². The van der Waals surface area contributed by atoms with Crippen LogP contribution in [0.25, 0.3) is 5.76 Å². The molecule has 1 amide bonds. The molecular weight excluding hydrogens is 383 g/mol. The summed E-state index contributed by atoms with van der Waals surface area (Å²) in [5.41, 5.74) is 1.03. The van der Waals surface area contributed by atoms with Crippen molar-refractivity contribution >= 4 is 46.8 Å². The predicted molar refractivity (Wildman–Crippen MR) is 113 cm³/mol. The molecule has 2 N–H and O–H groups in total. The Hall–Kier alpha value is -2.30. The minimum atomic E-state index is -0.404. The highest BCUT2D eigenvalue weighted by atomic mass is 35.5. The summed E-state index contributed by atoms with van der Waals surface area (Å²) in [7, 11) is 0. The third kappa shape index (κ3) is 5.84. The van der Waals surface area contributed by atoms with Gasteiger partial charge in [0.15, 0.2) is 0 Å². The second-order valence-corrected chi connectivity index (χ2v) is 6.81. The van der Waals surface area contributed by atoms with Crippen LogP contribution in [-0.4, -0.2) is 23.3 Å². The van der Waals surface area contributed by atoms with E-state index in [1.165, 1.54) is 6.21 Å². The average molecular weight is 405 g/mol. The Balaban J connectivity index is 2.44. The van der Waals surface area contributed by atoms with E-state index in [-0.39, 0.29) is 17.4 Å². The van der Waals surface area contributed by atoms with E-state index in [0.29, 0.717) is 21.3 Å². The largest absolute Gasteiger partial charge is 0.506 e.